The molecule has 0 bridgehead atoms. The molecule has 0 heterocycles. The summed E-state index contributed by atoms with van der Waals surface area (Å²) in [5.41, 5.74) is -2.30. The van der Waals surface area contributed by atoms with Crippen molar-refractivity contribution in [2.45, 2.75) is 6.18 Å². The smallest absolute Gasteiger partial charge is 0.418 e. The topological polar surface area (TPSA) is 57.5 Å². The number of phenols is 1. The van der Waals surface area contributed by atoms with Crippen LogP contribution in [0.1, 0.15) is 15.9 Å². The van der Waals surface area contributed by atoms with Crippen LogP contribution in [0.4, 0.5) is 13.2 Å². The zero-order valence-corrected chi connectivity index (χ0v) is 8.56. The first kappa shape index (κ1) is 11.8. The molecule has 0 spiro atoms. The summed E-state index contributed by atoms with van der Waals surface area (Å²) in [6.07, 6.45) is -4.84. The lowest BCUT2D eigenvalue weighted by molar-refractivity contribution is -0.138. The van der Waals surface area contributed by atoms with Crippen molar-refractivity contribution in [1.82, 2.24) is 0 Å². The van der Waals surface area contributed by atoms with Gasteiger partial charge in [0.25, 0.3) is 0 Å². The molecule has 15 heavy (non-hydrogen) atoms. The molecule has 0 saturated carbocycles. The Morgan fingerprint density at radius 3 is 2.27 bits per heavy atom. The number of hydrogen-bond donors (Lipinski definition) is 2. The van der Waals surface area contributed by atoms with E-state index in [0.717, 1.165) is 6.07 Å². The fraction of sp³-hybridized carbons (Fsp3) is 0.125. The molecule has 0 aliphatic rings. The number of phenolic OH excluding ortho intramolecular Hbond substituents is 1. The van der Waals surface area contributed by atoms with Gasteiger partial charge >= 0.3 is 12.1 Å². The van der Waals surface area contributed by atoms with Gasteiger partial charge in [0.15, 0.2) is 0 Å². The first-order valence-corrected chi connectivity index (χ1v) is 4.36. The number of hydrogen-bond acceptors (Lipinski definition) is 2. The van der Waals surface area contributed by atoms with Gasteiger partial charge in [-0.25, -0.2) is 4.79 Å². The average molecular weight is 285 g/mol. The molecule has 0 aromatic heterocycles. The number of rotatable bonds is 1. The van der Waals surface area contributed by atoms with Gasteiger partial charge in [0.05, 0.1) is 15.6 Å². The molecule has 0 aliphatic carbocycles. The molecular weight excluding hydrogens is 281 g/mol. The quantitative estimate of drug-likeness (QED) is 0.834. The molecule has 1 aromatic rings. The maximum Gasteiger partial charge on any atom is 0.418 e. The normalized spacial score (nSPS) is 11.5. The summed E-state index contributed by atoms with van der Waals surface area (Å²) in [4.78, 5) is 10.5. The van der Waals surface area contributed by atoms with E-state index >= 15 is 0 Å². The number of carboxylic acid groups (broad SMARTS) is 1. The van der Waals surface area contributed by atoms with E-state index in [1.807, 2.05) is 0 Å². The van der Waals surface area contributed by atoms with E-state index in [1.165, 1.54) is 0 Å². The summed E-state index contributed by atoms with van der Waals surface area (Å²) in [7, 11) is 0. The van der Waals surface area contributed by atoms with Gasteiger partial charge in [-0.3, -0.25) is 0 Å². The summed E-state index contributed by atoms with van der Waals surface area (Å²) in [6, 6.07) is 1.58. The minimum absolute atomic E-state index is 0.660. The van der Waals surface area contributed by atoms with Crippen molar-refractivity contribution in [2.24, 2.45) is 0 Å². The summed E-state index contributed by atoms with van der Waals surface area (Å²) >= 11 is 2.50. The van der Waals surface area contributed by atoms with Gasteiger partial charge in [0.1, 0.15) is 5.75 Å². The predicted octanol–water partition coefficient (Wildman–Crippen LogP) is 2.87. The van der Waals surface area contributed by atoms with E-state index in [1.54, 1.807) is 0 Å². The third-order valence-electron chi connectivity index (χ3n) is 1.64. The molecule has 0 amide bonds. The Bertz CT molecular complexity index is 414. The Labute approximate surface area is 90.3 Å². The van der Waals surface area contributed by atoms with Gasteiger partial charge < -0.3 is 10.2 Å². The maximum absolute atomic E-state index is 12.4. The fourth-order valence-corrected chi connectivity index (χ4v) is 1.59. The predicted molar refractivity (Wildman–Crippen MR) is 47.8 cm³/mol. The minimum atomic E-state index is -4.84. The highest BCUT2D eigenvalue weighted by Crippen LogP contribution is 2.41. The van der Waals surface area contributed by atoms with Crippen molar-refractivity contribution in [1.29, 1.82) is 0 Å². The highest BCUT2D eigenvalue weighted by atomic mass is 79.9. The number of halogens is 4. The third-order valence-corrected chi connectivity index (χ3v) is 2.44. The van der Waals surface area contributed by atoms with Crippen LogP contribution in [0.3, 0.4) is 0 Å². The highest BCUT2D eigenvalue weighted by Gasteiger charge is 2.38. The van der Waals surface area contributed by atoms with Crippen LogP contribution in [-0.4, -0.2) is 16.2 Å². The fourth-order valence-electron chi connectivity index (χ4n) is 1.02. The first-order valence-electron chi connectivity index (χ1n) is 3.57. The van der Waals surface area contributed by atoms with Crippen LogP contribution in [0, 0.1) is 0 Å². The van der Waals surface area contributed by atoms with E-state index < -0.39 is 33.5 Å². The molecule has 1 aromatic carbocycles. The molecule has 2 N–H and O–H groups in total. The molecule has 0 saturated heterocycles. The molecule has 7 heteroatoms. The lowest BCUT2D eigenvalue weighted by Gasteiger charge is -2.12. The van der Waals surface area contributed by atoms with Crippen molar-refractivity contribution >= 4 is 21.9 Å². The standard InChI is InChI=1S/C8H4BrF3O3/c9-6-4(13)2-1-3(7(14)15)5(6)8(10,11)12/h1-2,13H,(H,14,15). The van der Waals surface area contributed by atoms with Gasteiger partial charge in [-0.2, -0.15) is 13.2 Å². The molecule has 1 rings (SSSR count). The van der Waals surface area contributed by atoms with Crippen LogP contribution in [0.25, 0.3) is 0 Å². The van der Waals surface area contributed by atoms with Crippen LogP contribution in [0.5, 0.6) is 5.75 Å². The van der Waals surface area contributed by atoms with Gasteiger partial charge in [-0.05, 0) is 28.1 Å². The SMILES string of the molecule is O=C(O)c1ccc(O)c(Br)c1C(F)(F)F. The van der Waals surface area contributed by atoms with Crippen molar-refractivity contribution in [3.63, 3.8) is 0 Å². The molecule has 82 valence electrons. The van der Waals surface area contributed by atoms with Crippen molar-refractivity contribution in [3.8, 4) is 5.75 Å². The maximum atomic E-state index is 12.4. The van der Waals surface area contributed by atoms with Crippen LogP contribution >= 0.6 is 15.9 Å². The number of carboxylic acids is 1. The van der Waals surface area contributed by atoms with Crippen LogP contribution < -0.4 is 0 Å². The van der Waals surface area contributed by atoms with Gasteiger partial charge in [-0.1, -0.05) is 0 Å². The molecular formula is C8H4BrF3O3. The van der Waals surface area contributed by atoms with E-state index in [-0.39, 0.29) is 0 Å². The van der Waals surface area contributed by atoms with E-state index in [9.17, 15) is 18.0 Å². The second-order valence-corrected chi connectivity index (χ2v) is 3.42. The number of aromatic carboxylic acids is 1. The second kappa shape index (κ2) is 3.73. The summed E-state index contributed by atoms with van der Waals surface area (Å²) < 4.78 is 36.7. The lowest BCUT2D eigenvalue weighted by atomic mass is 10.1. The summed E-state index contributed by atoms with van der Waals surface area (Å²) in [5.74, 6) is -2.37. The number of aromatic hydroxyl groups is 1. The van der Waals surface area contributed by atoms with Crippen molar-refractivity contribution < 1.29 is 28.2 Å². The van der Waals surface area contributed by atoms with Crippen molar-refractivity contribution in [2.75, 3.05) is 0 Å². The monoisotopic (exact) mass is 284 g/mol. The third kappa shape index (κ3) is 2.23. The lowest BCUT2D eigenvalue weighted by Crippen LogP contribution is -2.13. The van der Waals surface area contributed by atoms with E-state index in [2.05, 4.69) is 15.9 Å². The highest BCUT2D eigenvalue weighted by molar-refractivity contribution is 9.10. The Hall–Kier alpha value is -1.24. The molecule has 0 fully saturated rings. The van der Waals surface area contributed by atoms with E-state index in [4.69, 9.17) is 10.2 Å². The Kier molecular flexibility index (Phi) is 2.94. The zero-order chi connectivity index (χ0) is 11.8. The van der Waals surface area contributed by atoms with Crippen LogP contribution in [0.2, 0.25) is 0 Å². The average Bonchev–Trinajstić information content (AvgIpc) is 2.06. The van der Waals surface area contributed by atoms with Crippen LogP contribution in [0.15, 0.2) is 16.6 Å². The Morgan fingerprint density at radius 2 is 1.87 bits per heavy atom. The second-order valence-electron chi connectivity index (χ2n) is 2.62. The molecule has 0 aliphatic heterocycles. The van der Waals surface area contributed by atoms with E-state index in [0.29, 0.717) is 6.07 Å². The van der Waals surface area contributed by atoms with Crippen LogP contribution in [-0.2, 0) is 6.18 Å². The number of carbonyl (C=O) groups is 1. The molecule has 0 unspecified atom stereocenters. The van der Waals surface area contributed by atoms with Gasteiger partial charge in [0.2, 0.25) is 0 Å². The summed E-state index contributed by atoms with van der Waals surface area (Å²) in [5, 5.41) is 17.6. The first-order chi connectivity index (χ1) is 6.75. The Balaban J connectivity index is 3.57. The van der Waals surface area contributed by atoms with Gasteiger partial charge in [0, 0.05) is 0 Å². The summed E-state index contributed by atoms with van der Waals surface area (Å²) in [6.45, 7) is 0. The van der Waals surface area contributed by atoms with Crippen molar-refractivity contribution in [3.05, 3.63) is 27.7 Å². The molecule has 3 nitrogen and oxygen atoms in total. The zero-order valence-electron chi connectivity index (χ0n) is 6.97. The minimum Gasteiger partial charge on any atom is -0.507 e. The largest absolute Gasteiger partial charge is 0.507 e. The molecule has 0 radical (unpaired) electrons. The van der Waals surface area contributed by atoms with Gasteiger partial charge in [-0.15, -0.1) is 0 Å². The molecule has 0 atom stereocenters. The Morgan fingerprint density at radius 1 is 1.33 bits per heavy atom. The number of alkyl halides is 3. The number of benzene rings is 1.